The Morgan fingerprint density at radius 1 is 1.33 bits per heavy atom. The van der Waals surface area contributed by atoms with Crippen LogP contribution in [0.1, 0.15) is 13.3 Å². The fourth-order valence-corrected chi connectivity index (χ4v) is 1.77. The van der Waals surface area contributed by atoms with Gasteiger partial charge in [-0.3, -0.25) is 0 Å². The molecule has 2 rings (SSSR count). The van der Waals surface area contributed by atoms with Gasteiger partial charge < -0.3 is 15.5 Å². The first-order valence-electron chi connectivity index (χ1n) is 5.34. The molecule has 0 atom stereocenters. The largest absolute Gasteiger partial charge is 0.399 e. The van der Waals surface area contributed by atoms with Crippen molar-refractivity contribution in [2.24, 2.45) is 0 Å². The first kappa shape index (κ1) is 9.90. The highest BCUT2D eigenvalue weighted by atomic mass is 15.3. The number of anilines is 2. The van der Waals surface area contributed by atoms with E-state index in [0.717, 1.165) is 24.6 Å². The van der Waals surface area contributed by atoms with E-state index in [9.17, 15) is 0 Å². The van der Waals surface area contributed by atoms with Crippen LogP contribution in [0.4, 0.5) is 11.4 Å². The molecule has 15 heavy (non-hydrogen) atoms. The molecule has 0 fully saturated rings. The summed E-state index contributed by atoms with van der Waals surface area (Å²) in [5.74, 6) is 0. The zero-order valence-electron chi connectivity index (χ0n) is 9.06. The molecule has 2 N–H and O–H groups in total. The fraction of sp³-hybridized carbons (Fsp3) is 0.333. The Morgan fingerprint density at radius 2 is 2.20 bits per heavy atom. The van der Waals surface area contributed by atoms with Crippen LogP contribution in [0.3, 0.4) is 0 Å². The highest BCUT2D eigenvalue weighted by Gasteiger charge is 2.12. The predicted octanol–water partition coefficient (Wildman–Crippen LogP) is 2.23. The third-order valence-corrected chi connectivity index (χ3v) is 2.50. The zero-order valence-corrected chi connectivity index (χ0v) is 9.06. The summed E-state index contributed by atoms with van der Waals surface area (Å²) >= 11 is 0. The van der Waals surface area contributed by atoms with Gasteiger partial charge >= 0.3 is 0 Å². The molecule has 0 saturated heterocycles. The van der Waals surface area contributed by atoms with Crippen LogP contribution in [0, 0.1) is 0 Å². The van der Waals surface area contributed by atoms with Gasteiger partial charge in [-0.05, 0) is 24.6 Å². The second kappa shape index (κ2) is 4.26. The smallest absolute Gasteiger partial charge is 0.0941 e. The van der Waals surface area contributed by atoms with Gasteiger partial charge in [-0.2, -0.15) is 0 Å². The van der Waals surface area contributed by atoms with Crippen LogP contribution in [0.2, 0.25) is 0 Å². The second-order valence-corrected chi connectivity index (χ2v) is 3.82. The lowest BCUT2D eigenvalue weighted by Crippen LogP contribution is -2.25. The molecule has 0 unspecified atom stereocenters. The average molecular weight is 203 g/mol. The summed E-state index contributed by atoms with van der Waals surface area (Å²) in [5.41, 5.74) is 7.73. The number of nitrogen functional groups attached to an aromatic ring is 1. The van der Waals surface area contributed by atoms with Crippen LogP contribution >= 0.6 is 0 Å². The maximum absolute atomic E-state index is 5.76. The van der Waals surface area contributed by atoms with Crippen molar-refractivity contribution in [1.29, 1.82) is 0 Å². The van der Waals surface area contributed by atoms with Crippen molar-refractivity contribution < 1.29 is 0 Å². The normalized spacial score (nSPS) is 15.0. The van der Waals surface area contributed by atoms with E-state index >= 15 is 0 Å². The third kappa shape index (κ3) is 2.24. The molecule has 0 saturated carbocycles. The Balaban J connectivity index is 2.05. The molecule has 1 aromatic rings. The second-order valence-electron chi connectivity index (χ2n) is 3.82. The standard InChI is InChI=1S/C12H17N3/c1-2-6-14-7-8-15(10-14)12-5-3-4-11(13)9-12/h3-5,7-9H,2,6,10,13H2,1H3. The molecule has 1 heterocycles. The number of hydrogen-bond acceptors (Lipinski definition) is 3. The van der Waals surface area contributed by atoms with E-state index in [2.05, 4.69) is 35.2 Å². The summed E-state index contributed by atoms with van der Waals surface area (Å²) in [6.07, 6.45) is 5.41. The Kier molecular flexibility index (Phi) is 2.81. The van der Waals surface area contributed by atoms with Crippen LogP contribution in [0.15, 0.2) is 36.7 Å². The zero-order chi connectivity index (χ0) is 10.7. The molecular formula is C12H17N3. The minimum absolute atomic E-state index is 0.815. The summed E-state index contributed by atoms with van der Waals surface area (Å²) in [4.78, 5) is 4.50. The topological polar surface area (TPSA) is 32.5 Å². The molecule has 0 aliphatic carbocycles. The number of nitrogens with zero attached hydrogens (tertiary/aromatic N) is 2. The van der Waals surface area contributed by atoms with Gasteiger partial charge in [0.15, 0.2) is 0 Å². The van der Waals surface area contributed by atoms with E-state index in [0.29, 0.717) is 0 Å². The quantitative estimate of drug-likeness (QED) is 0.765. The minimum Gasteiger partial charge on any atom is -0.399 e. The predicted molar refractivity (Wildman–Crippen MR) is 64.3 cm³/mol. The Labute approximate surface area is 90.8 Å². The molecule has 0 aromatic heterocycles. The van der Waals surface area contributed by atoms with E-state index in [1.54, 1.807) is 0 Å². The van der Waals surface area contributed by atoms with Crippen LogP contribution in [0.5, 0.6) is 0 Å². The lowest BCUT2D eigenvalue weighted by molar-refractivity contribution is 0.406. The molecular weight excluding hydrogens is 186 g/mol. The average Bonchev–Trinajstić information content (AvgIpc) is 2.67. The van der Waals surface area contributed by atoms with Crippen molar-refractivity contribution in [3.63, 3.8) is 0 Å². The maximum atomic E-state index is 5.76. The fourth-order valence-electron chi connectivity index (χ4n) is 1.77. The van der Waals surface area contributed by atoms with E-state index < -0.39 is 0 Å². The summed E-state index contributed by atoms with van der Waals surface area (Å²) in [6.45, 7) is 4.23. The minimum atomic E-state index is 0.815. The molecule has 3 nitrogen and oxygen atoms in total. The van der Waals surface area contributed by atoms with Gasteiger partial charge in [-0.1, -0.05) is 13.0 Å². The lowest BCUT2D eigenvalue weighted by atomic mass is 10.3. The molecule has 0 bridgehead atoms. The summed E-state index contributed by atoms with van der Waals surface area (Å²) in [5, 5.41) is 0. The van der Waals surface area contributed by atoms with E-state index in [1.807, 2.05) is 18.2 Å². The van der Waals surface area contributed by atoms with Crippen molar-refractivity contribution in [3.8, 4) is 0 Å². The molecule has 1 aromatic carbocycles. The number of rotatable bonds is 3. The molecule has 0 radical (unpaired) electrons. The highest BCUT2D eigenvalue weighted by molar-refractivity contribution is 5.58. The van der Waals surface area contributed by atoms with Crippen LogP contribution in [0.25, 0.3) is 0 Å². The summed E-state index contributed by atoms with van der Waals surface area (Å²) in [6, 6.07) is 7.98. The van der Waals surface area contributed by atoms with Crippen LogP contribution in [-0.2, 0) is 0 Å². The van der Waals surface area contributed by atoms with Gasteiger partial charge in [-0.15, -0.1) is 0 Å². The highest BCUT2D eigenvalue weighted by Crippen LogP contribution is 2.21. The molecule has 80 valence electrons. The number of hydrogen-bond donors (Lipinski definition) is 1. The molecule has 1 aliphatic rings. The van der Waals surface area contributed by atoms with Crippen molar-refractivity contribution >= 4 is 11.4 Å². The monoisotopic (exact) mass is 203 g/mol. The summed E-state index contributed by atoms with van der Waals surface area (Å²) < 4.78 is 0. The molecule has 0 spiro atoms. The lowest BCUT2D eigenvalue weighted by Gasteiger charge is -2.21. The van der Waals surface area contributed by atoms with Crippen molar-refractivity contribution in [2.75, 3.05) is 23.8 Å². The van der Waals surface area contributed by atoms with Crippen molar-refractivity contribution in [1.82, 2.24) is 4.90 Å². The van der Waals surface area contributed by atoms with Crippen LogP contribution < -0.4 is 10.6 Å². The van der Waals surface area contributed by atoms with Gasteiger partial charge in [-0.25, -0.2) is 0 Å². The molecule has 3 heteroatoms. The van der Waals surface area contributed by atoms with Gasteiger partial charge in [0.1, 0.15) is 0 Å². The van der Waals surface area contributed by atoms with E-state index in [1.165, 1.54) is 6.42 Å². The van der Waals surface area contributed by atoms with Crippen molar-refractivity contribution in [3.05, 3.63) is 36.7 Å². The van der Waals surface area contributed by atoms with Gasteiger partial charge in [0.25, 0.3) is 0 Å². The Bertz CT molecular complexity index is 360. The first-order valence-corrected chi connectivity index (χ1v) is 5.34. The van der Waals surface area contributed by atoms with Gasteiger partial charge in [0, 0.05) is 30.3 Å². The number of benzene rings is 1. The Hall–Kier alpha value is -1.64. The summed E-state index contributed by atoms with van der Waals surface area (Å²) in [7, 11) is 0. The van der Waals surface area contributed by atoms with E-state index in [-0.39, 0.29) is 0 Å². The Morgan fingerprint density at radius 3 is 2.93 bits per heavy atom. The van der Waals surface area contributed by atoms with E-state index in [4.69, 9.17) is 5.73 Å². The van der Waals surface area contributed by atoms with Crippen molar-refractivity contribution in [2.45, 2.75) is 13.3 Å². The number of nitrogens with two attached hydrogens (primary N) is 1. The third-order valence-electron chi connectivity index (χ3n) is 2.50. The maximum Gasteiger partial charge on any atom is 0.0941 e. The molecule has 1 aliphatic heterocycles. The van der Waals surface area contributed by atoms with Gasteiger partial charge in [0.05, 0.1) is 6.67 Å². The molecule has 0 amide bonds. The van der Waals surface area contributed by atoms with Gasteiger partial charge in [0.2, 0.25) is 0 Å². The van der Waals surface area contributed by atoms with Crippen LogP contribution in [-0.4, -0.2) is 18.1 Å². The SMILES string of the molecule is CCCN1C=CN(c2cccc(N)c2)C1. The first-order chi connectivity index (χ1) is 7.29.